The molecule has 1 amide bonds. The molecule has 4 rings (SSSR count). The Balaban J connectivity index is 1.92. The van der Waals surface area contributed by atoms with Crippen molar-refractivity contribution in [1.82, 2.24) is 15.2 Å². The van der Waals surface area contributed by atoms with E-state index >= 15 is 13.2 Å². The van der Waals surface area contributed by atoms with Crippen LogP contribution in [0.5, 0.6) is 5.88 Å². The number of carbonyl (C=O) groups is 2. The fraction of sp³-hybridized carbons (Fsp3) is 0.500. The van der Waals surface area contributed by atoms with Gasteiger partial charge in [0, 0.05) is 5.92 Å². The summed E-state index contributed by atoms with van der Waals surface area (Å²) < 4.78 is 110. The molecule has 0 saturated carbocycles. The molecule has 0 radical (unpaired) electrons. The van der Waals surface area contributed by atoms with E-state index in [0.29, 0.717) is 17.9 Å². The molecule has 3 heterocycles. The second-order valence-corrected chi connectivity index (χ2v) is 11.8. The number of hydrogen-bond acceptors (Lipinski definition) is 9. The number of benzene rings is 1. The number of nitrogens with zero attached hydrogens (tertiary/aromatic N) is 3. The minimum Gasteiger partial charge on any atom is -0.474 e. The van der Waals surface area contributed by atoms with Crippen molar-refractivity contribution in [2.24, 2.45) is 5.92 Å². The summed E-state index contributed by atoms with van der Waals surface area (Å²) in [6, 6.07) is 8.46. The van der Waals surface area contributed by atoms with Crippen LogP contribution in [-0.2, 0) is 32.7 Å². The van der Waals surface area contributed by atoms with E-state index in [9.17, 15) is 22.8 Å². The van der Waals surface area contributed by atoms with Crippen LogP contribution in [0.1, 0.15) is 70.4 Å². The molecule has 0 saturated heterocycles. The van der Waals surface area contributed by atoms with Crippen LogP contribution in [0.3, 0.4) is 0 Å². The van der Waals surface area contributed by atoms with Gasteiger partial charge in [0.15, 0.2) is 5.69 Å². The van der Waals surface area contributed by atoms with Gasteiger partial charge in [-0.3, -0.25) is 5.32 Å². The van der Waals surface area contributed by atoms with Crippen molar-refractivity contribution in [3.8, 4) is 17.5 Å². The molecule has 3 aromatic rings. The van der Waals surface area contributed by atoms with Crippen molar-refractivity contribution >= 4 is 18.1 Å². The highest BCUT2D eigenvalue weighted by molar-refractivity contribution is 5.89. The van der Waals surface area contributed by atoms with Gasteiger partial charge in [0.1, 0.15) is 17.5 Å². The lowest BCUT2D eigenvalue weighted by Gasteiger charge is -2.33. The Labute approximate surface area is 259 Å². The van der Waals surface area contributed by atoms with Gasteiger partial charge >= 0.3 is 18.4 Å². The molecule has 2 aromatic heterocycles. The Morgan fingerprint density at radius 2 is 1.76 bits per heavy atom. The van der Waals surface area contributed by atoms with E-state index in [1.54, 1.807) is 30.3 Å². The van der Waals surface area contributed by atoms with E-state index in [1.165, 1.54) is 27.7 Å². The number of rotatable bonds is 5. The van der Waals surface area contributed by atoms with Gasteiger partial charge in [-0.05, 0) is 65.0 Å². The maximum absolute atomic E-state index is 15.1. The lowest BCUT2D eigenvalue weighted by molar-refractivity contribution is -0.300. The lowest BCUT2D eigenvalue weighted by Crippen LogP contribution is -2.45. The summed E-state index contributed by atoms with van der Waals surface area (Å²) in [6.07, 6.45) is -13.0. The second kappa shape index (κ2) is 13.3. The number of aromatic nitrogens is 3. The number of amides is 1. The van der Waals surface area contributed by atoms with Crippen LogP contribution in [0.15, 0.2) is 40.8 Å². The normalized spacial score (nSPS) is 21.1. The van der Waals surface area contributed by atoms with Gasteiger partial charge in [-0.15, -0.1) is 10.2 Å². The highest BCUT2D eigenvalue weighted by atomic mass is 19.4. The third-order valence-electron chi connectivity index (χ3n) is 7.00. The Morgan fingerprint density at radius 3 is 2.37 bits per heavy atom. The molecule has 3 atom stereocenters. The van der Waals surface area contributed by atoms with Crippen molar-refractivity contribution in [2.75, 3.05) is 5.32 Å². The maximum Gasteiger partial charge on any atom is 0.426 e. The summed E-state index contributed by atoms with van der Waals surface area (Å²) in [7, 11) is 0. The summed E-state index contributed by atoms with van der Waals surface area (Å²) in [6.45, 7) is 5.43. The molecule has 0 spiro atoms. The molecule has 0 fully saturated rings. The van der Waals surface area contributed by atoms with Crippen LogP contribution in [-0.4, -0.2) is 45.4 Å². The number of ether oxygens (including phenoxy) is 3. The molecule has 10 nitrogen and oxygen atoms in total. The molecule has 16 heteroatoms. The largest absolute Gasteiger partial charge is 0.474 e. The van der Waals surface area contributed by atoms with Gasteiger partial charge < -0.3 is 23.4 Å². The fourth-order valence-corrected chi connectivity index (χ4v) is 4.68. The molecular weight excluding hydrogens is 626 g/mol. The summed E-state index contributed by atoms with van der Waals surface area (Å²) >= 11 is 0. The highest BCUT2D eigenvalue weighted by Gasteiger charge is 2.61. The van der Waals surface area contributed by atoms with Gasteiger partial charge in [-0.2, -0.15) is 26.3 Å². The first kappa shape index (κ1) is 34.7. The second-order valence-electron chi connectivity index (χ2n) is 11.8. The monoisotopic (exact) mass is 658 g/mol. The van der Waals surface area contributed by atoms with Crippen molar-refractivity contribution in [3.05, 3.63) is 53.4 Å². The average molecular weight is 659 g/mol. The third-order valence-corrected chi connectivity index (χ3v) is 7.00. The van der Waals surface area contributed by atoms with Gasteiger partial charge in [0.2, 0.25) is 11.5 Å². The molecule has 250 valence electrons. The minimum absolute atomic E-state index is 0.00207. The molecule has 4 bridgehead atoms. The van der Waals surface area contributed by atoms with Crippen LogP contribution >= 0.6 is 0 Å². The molecule has 1 aliphatic heterocycles. The van der Waals surface area contributed by atoms with E-state index in [0.717, 1.165) is 0 Å². The van der Waals surface area contributed by atoms with E-state index < -0.39 is 89.3 Å². The Hall–Kier alpha value is -4.21. The first-order valence-corrected chi connectivity index (χ1v) is 14.2. The summed E-state index contributed by atoms with van der Waals surface area (Å²) in [5, 5.41) is 9.44. The van der Waals surface area contributed by atoms with Crippen LogP contribution < -0.4 is 10.1 Å². The summed E-state index contributed by atoms with van der Waals surface area (Å²) in [5.74, 6) is -3.74. The zero-order chi connectivity index (χ0) is 33.9. The van der Waals surface area contributed by atoms with E-state index in [4.69, 9.17) is 18.6 Å². The van der Waals surface area contributed by atoms with Gasteiger partial charge in [0.05, 0.1) is 18.4 Å². The predicted octanol–water partition coefficient (Wildman–Crippen LogP) is 7.63. The van der Waals surface area contributed by atoms with Crippen LogP contribution in [0.4, 0.5) is 36.8 Å². The zero-order valence-corrected chi connectivity index (χ0v) is 25.3. The SMILES string of the molecule is C[C@@H]1CCC(C=O)CC[C@](OCc2ccccc2)(C(F)(F)F)c2nnc(o2)-c2nc(c(C(F)(F)F)cc2NC(=O)OC(C)(C)C)O1. The molecular formula is C30H32F6N4O6. The third kappa shape index (κ3) is 8.13. The number of hydrogen-bond donors (Lipinski definition) is 1. The number of fused-ring (bicyclic) bond motifs is 5. The van der Waals surface area contributed by atoms with Gasteiger partial charge in [-0.1, -0.05) is 30.3 Å². The average Bonchev–Trinajstić information content (AvgIpc) is 3.43. The number of carbonyl (C=O) groups excluding carboxylic acids is 2. The van der Waals surface area contributed by atoms with E-state index in [2.05, 4.69) is 20.5 Å². The molecule has 1 aliphatic rings. The van der Waals surface area contributed by atoms with Crippen LogP contribution in [0.25, 0.3) is 11.6 Å². The summed E-state index contributed by atoms with van der Waals surface area (Å²) in [4.78, 5) is 28.4. The van der Waals surface area contributed by atoms with Gasteiger partial charge in [-0.25, -0.2) is 9.78 Å². The van der Waals surface area contributed by atoms with Crippen molar-refractivity contribution in [2.45, 2.75) is 89.6 Å². The highest BCUT2D eigenvalue weighted by Crippen LogP contribution is 2.48. The van der Waals surface area contributed by atoms with Crippen LogP contribution in [0, 0.1) is 5.92 Å². The Kier molecular flexibility index (Phi) is 9.99. The molecule has 1 unspecified atom stereocenters. The topological polar surface area (TPSA) is 126 Å². The number of halogens is 6. The zero-order valence-electron chi connectivity index (χ0n) is 25.3. The van der Waals surface area contributed by atoms with Crippen molar-refractivity contribution < 1.29 is 54.6 Å². The minimum atomic E-state index is -5.16. The predicted molar refractivity (Wildman–Crippen MR) is 149 cm³/mol. The number of aldehydes is 1. The maximum atomic E-state index is 15.1. The Morgan fingerprint density at radius 1 is 1.07 bits per heavy atom. The van der Waals surface area contributed by atoms with Crippen molar-refractivity contribution in [3.63, 3.8) is 0 Å². The molecule has 1 aromatic carbocycles. The smallest absolute Gasteiger partial charge is 0.426 e. The number of alkyl halides is 6. The number of anilines is 1. The fourth-order valence-electron chi connectivity index (χ4n) is 4.68. The summed E-state index contributed by atoms with van der Waals surface area (Å²) in [5.41, 5.74) is -6.55. The number of pyridine rings is 1. The quantitative estimate of drug-likeness (QED) is 0.218. The first-order valence-electron chi connectivity index (χ1n) is 14.2. The van der Waals surface area contributed by atoms with E-state index in [1.807, 2.05) is 0 Å². The first-order chi connectivity index (χ1) is 21.4. The van der Waals surface area contributed by atoms with Crippen LogP contribution in [0.2, 0.25) is 0 Å². The standard InChI is InChI=1S/C30H32F6N4O6/c1-17-10-11-18(15-41)12-13-28(30(34,35)36,43-16-19-8-6-5-7-9-19)25-40-39-24(45-25)22-21(37-26(42)46-27(2,3)4)14-20(29(31,32)33)23(38-22)44-17/h5-9,14-15,17-18H,10-13,16H2,1-4H3,(H,37,42)/t17-,18?,28-/m1/s1. The molecule has 1 N–H and O–H groups in total. The van der Waals surface area contributed by atoms with Crippen molar-refractivity contribution in [1.29, 1.82) is 0 Å². The van der Waals surface area contributed by atoms with E-state index in [-0.39, 0.29) is 19.3 Å². The van der Waals surface area contributed by atoms with Gasteiger partial charge in [0.25, 0.3) is 11.8 Å². The Bertz CT molecular complexity index is 1520. The molecule has 0 aliphatic carbocycles. The lowest BCUT2D eigenvalue weighted by atomic mass is 9.89. The number of nitrogens with one attached hydrogen (secondary N) is 1. The molecule has 46 heavy (non-hydrogen) atoms.